The third-order valence-electron chi connectivity index (χ3n) is 4.63. The van der Waals surface area contributed by atoms with Crippen LogP contribution in [0.1, 0.15) is 17.0 Å². The van der Waals surface area contributed by atoms with Crippen LogP contribution in [-0.4, -0.2) is 23.2 Å². The molecule has 0 unspecified atom stereocenters. The topological polar surface area (TPSA) is 77.2 Å². The zero-order valence-corrected chi connectivity index (χ0v) is 17.0. The summed E-state index contributed by atoms with van der Waals surface area (Å²) in [7, 11) is 1.59. The second kappa shape index (κ2) is 9.54. The number of rotatable bonds is 7. The van der Waals surface area contributed by atoms with E-state index in [4.69, 9.17) is 9.26 Å². The summed E-state index contributed by atoms with van der Waals surface area (Å²) in [4.78, 5) is 16.8. The SMILES string of the molecule is COc1ccccc1CC(=O)Nc1ccc(-c2noc(/C=C/c3ccccc3)n2)cc1. The highest BCUT2D eigenvalue weighted by atomic mass is 16.5. The highest BCUT2D eigenvalue weighted by molar-refractivity contribution is 5.92. The van der Waals surface area contributed by atoms with Crippen LogP contribution in [0.4, 0.5) is 5.69 Å². The summed E-state index contributed by atoms with van der Waals surface area (Å²) >= 11 is 0. The Bertz CT molecular complexity index is 1180. The third-order valence-corrected chi connectivity index (χ3v) is 4.63. The Labute approximate surface area is 180 Å². The molecule has 0 spiro atoms. The highest BCUT2D eigenvalue weighted by Gasteiger charge is 2.10. The normalized spacial score (nSPS) is 10.9. The van der Waals surface area contributed by atoms with Crippen molar-refractivity contribution in [3.63, 3.8) is 0 Å². The number of hydrogen-bond donors (Lipinski definition) is 1. The van der Waals surface area contributed by atoms with Gasteiger partial charge < -0.3 is 14.6 Å². The summed E-state index contributed by atoms with van der Waals surface area (Å²) in [6, 6.07) is 24.7. The molecule has 6 nitrogen and oxygen atoms in total. The number of benzene rings is 3. The fraction of sp³-hybridized carbons (Fsp3) is 0.0800. The van der Waals surface area contributed by atoms with Gasteiger partial charge in [-0.2, -0.15) is 4.98 Å². The number of hydrogen-bond acceptors (Lipinski definition) is 5. The van der Waals surface area contributed by atoms with Crippen LogP contribution in [0.5, 0.6) is 5.75 Å². The maximum absolute atomic E-state index is 12.4. The average molecular weight is 411 g/mol. The van der Waals surface area contributed by atoms with Crippen LogP contribution in [0.15, 0.2) is 83.4 Å². The van der Waals surface area contributed by atoms with E-state index in [-0.39, 0.29) is 12.3 Å². The van der Waals surface area contributed by atoms with Gasteiger partial charge >= 0.3 is 0 Å². The van der Waals surface area contributed by atoms with E-state index in [0.717, 1.165) is 16.7 Å². The molecule has 0 aliphatic rings. The summed E-state index contributed by atoms with van der Waals surface area (Å²) in [6.45, 7) is 0. The van der Waals surface area contributed by atoms with Crippen molar-refractivity contribution in [2.75, 3.05) is 12.4 Å². The van der Waals surface area contributed by atoms with Crippen molar-refractivity contribution in [1.29, 1.82) is 0 Å². The number of aromatic nitrogens is 2. The molecule has 4 aromatic rings. The molecule has 154 valence electrons. The largest absolute Gasteiger partial charge is 0.496 e. The van der Waals surface area contributed by atoms with Gasteiger partial charge in [-0.3, -0.25) is 4.79 Å². The number of ether oxygens (including phenoxy) is 1. The monoisotopic (exact) mass is 411 g/mol. The summed E-state index contributed by atoms with van der Waals surface area (Å²) < 4.78 is 10.6. The number of carbonyl (C=O) groups is 1. The van der Waals surface area contributed by atoms with Crippen LogP contribution < -0.4 is 10.1 Å². The van der Waals surface area contributed by atoms with Gasteiger partial charge in [0.05, 0.1) is 13.5 Å². The second-order valence-corrected chi connectivity index (χ2v) is 6.81. The number of methoxy groups -OCH3 is 1. The molecule has 1 N–H and O–H groups in total. The van der Waals surface area contributed by atoms with E-state index < -0.39 is 0 Å². The minimum absolute atomic E-state index is 0.120. The molecule has 1 amide bonds. The zero-order chi connectivity index (χ0) is 21.5. The number of amides is 1. The zero-order valence-electron chi connectivity index (χ0n) is 17.0. The average Bonchev–Trinajstić information content (AvgIpc) is 3.28. The van der Waals surface area contributed by atoms with Crippen LogP contribution in [0.3, 0.4) is 0 Å². The van der Waals surface area contributed by atoms with Gasteiger partial charge in [-0.25, -0.2) is 0 Å². The molecule has 1 heterocycles. The molecule has 0 atom stereocenters. The van der Waals surface area contributed by atoms with Crippen molar-refractivity contribution in [1.82, 2.24) is 10.1 Å². The maximum Gasteiger partial charge on any atom is 0.250 e. The van der Waals surface area contributed by atoms with Gasteiger partial charge in [-0.15, -0.1) is 0 Å². The highest BCUT2D eigenvalue weighted by Crippen LogP contribution is 2.21. The second-order valence-electron chi connectivity index (χ2n) is 6.81. The van der Waals surface area contributed by atoms with Crippen molar-refractivity contribution in [2.45, 2.75) is 6.42 Å². The molecule has 0 saturated heterocycles. The predicted octanol–water partition coefficient (Wildman–Crippen LogP) is 5.10. The van der Waals surface area contributed by atoms with E-state index in [9.17, 15) is 4.79 Å². The first-order valence-electron chi connectivity index (χ1n) is 9.80. The number of nitrogens with one attached hydrogen (secondary N) is 1. The Hall–Kier alpha value is -4.19. The smallest absolute Gasteiger partial charge is 0.250 e. The summed E-state index contributed by atoms with van der Waals surface area (Å²) in [5.41, 5.74) is 3.37. The molecule has 0 radical (unpaired) electrons. The molecule has 0 bridgehead atoms. The Morgan fingerprint density at radius 1 is 0.968 bits per heavy atom. The molecule has 4 rings (SSSR count). The lowest BCUT2D eigenvalue weighted by Gasteiger charge is -2.09. The standard InChI is InChI=1S/C25H21N3O3/c1-30-22-10-6-5-9-20(22)17-23(29)26-21-14-12-19(13-15-21)25-27-24(31-28-25)16-11-18-7-3-2-4-8-18/h2-16H,17H2,1H3,(H,26,29)/b16-11+. The first-order valence-corrected chi connectivity index (χ1v) is 9.80. The fourth-order valence-corrected chi connectivity index (χ4v) is 3.08. The lowest BCUT2D eigenvalue weighted by atomic mass is 10.1. The van der Waals surface area contributed by atoms with E-state index >= 15 is 0 Å². The summed E-state index contributed by atoms with van der Waals surface area (Å²) in [5, 5.41) is 6.92. The van der Waals surface area contributed by atoms with E-state index in [1.165, 1.54) is 0 Å². The van der Waals surface area contributed by atoms with E-state index in [1.807, 2.05) is 84.9 Å². The molecule has 0 aliphatic heterocycles. The predicted molar refractivity (Wildman–Crippen MR) is 120 cm³/mol. The van der Waals surface area contributed by atoms with Crippen molar-refractivity contribution in [2.24, 2.45) is 0 Å². The van der Waals surface area contributed by atoms with Gasteiger partial charge in [0.2, 0.25) is 11.7 Å². The van der Waals surface area contributed by atoms with E-state index in [1.54, 1.807) is 13.2 Å². The molecular formula is C25H21N3O3. The molecule has 1 aromatic heterocycles. The van der Waals surface area contributed by atoms with Gasteiger partial charge in [-0.05, 0) is 42.0 Å². The van der Waals surface area contributed by atoms with Gasteiger partial charge in [-0.1, -0.05) is 53.7 Å². The van der Waals surface area contributed by atoms with E-state index in [0.29, 0.717) is 23.2 Å². The number of nitrogens with zero attached hydrogens (tertiary/aromatic N) is 2. The lowest BCUT2D eigenvalue weighted by Crippen LogP contribution is -2.14. The molecule has 31 heavy (non-hydrogen) atoms. The fourth-order valence-electron chi connectivity index (χ4n) is 3.08. The molecule has 0 aliphatic carbocycles. The molecular weight excluding hydrogens is 390 g/mol. The molecule has 0 saturated carbocycles. The number of para-hydroxylation sites is 1. The minimum Gasteiger partial charge on any atom is -0.496 e. The lowest BCUT2D eigenvalue weighted by molar-refractivity contribution is -0.115. The summed E-state index contributed by atoms with van der Waals surface area (Å²) in [5.74, 6) is 1.49. The minimum atomic E-state index is -0.120. The summed E-state index contributed by atoms with van der Waals surface area (Å²) in [6.07, 6.45) is 3.92. The van der Waals surface area contributed by atoms with E-state index in [2.05, 4.69) is 15.5 Å². The van der Waals surface area contributed by atoms with Crippen molar-refractivity contribution in [3.8, 4) is 17.1 Å². The Balaban J connectivity index is 1.39. The molecule has 3 aromatic carbocycles. The van der Waals surface area contributed by atoms with Crippen molar-refractivity contribution >= 4 is 23.7 Å². The quantitative estimate of drug-likeness (QED) is 0.458. The van der Waals surface area contributed by atoms with Gasteiger partial charge in [0.15, 0.2) is 0 Å². The Morgan fingerprint density at radius 3 is 2.48 bits per heavy atom. The van der Waals surface area contributed by atoms with Crippen LogP contribution in [-0.2, 0) is 11.2 Å². The number of anilines is 1. The van der Waals surface area contributed by atoms with Crippen LogP contribution >= 0.6 is 0 Å². The molecule has 0 fully saturated rings. The maximum atomic E-state index is 12.4. The Kier molecular flexibility index (Phi) is 6.18. The van der Waals surface area contributed by atoms with Crippen LogP contribution in [0, 0.1) is 0 Å². The third kappa shape index (κ3) is 5.25. The van der Waals surface area contributed by atoms with Gasteiger partial charge in [0, 0.05) is 22.9 Å². The first kappa shape index (κ1) is 20.1. The van der Waals surface area contributed by atoms with Crippen molar-refractivity contribution < 1.29 is 14.1 Å². The first-order chi connectivity index (χ1) is 15.2. The molecule has 6 heteroatoms. The Morgan fingerprint density at radius 2 is 1.71 bits per heavy atom. The number of carbonyl (C=O) groups excluding carboxylic acids is 1. The van der Waals surface area contributed by atoms with Crippen molar-refractivity contribution in [3.05, 3.63) is 95.9 Å². The van der Waals surface area contributed by atoms with Gasteiger partial charge in [0.1, 0.15) is 5.75 Å². The van der Waals surface area contributed by atoms with Gasteiger partial charge in [0.25, 0.3) is 5.89 Å². The van der Waals surface area contributed by atoms with Crippen LogP contribution in [0.2, 0.25) is 0 Å². The van der Waals surface area contributed by atoms with Crippen LogP contribution in [0.25, 0.3) is 23.5 Å².